The minimum Gasteiger partial charge on any atom is -0.366 e. The van der Waals surface area contributed by atoms with Crippen molar-refractivity contribution in [2.75, 3.05) is 11.9 Å². The van der Waals surface area contributed by atoms with Crippen molar-refractivity contribution in [1.29, 1.82) is 5.26 Å². The summed E-state index contributed by atoms with van der Waals surface area (Å²) < 4.78 is 15.7. The number of nitrogens with one attached hydrogen (secondary N) is 2. The van der Waals surface area contributed by atoms with Crippen molar-refractivity contribution in [3.63, 3.8) is 0 Å². The number of aryl methyl sites for hydroxylation is 1. The molecule has 2 aromatic heterocycles. The Labute approximate surface area is 158 Å². The molecule has 0 aliphatic rings. The quantitative estimate of drug-likeness (QED) is 0.705. The average molecular weight is 372 g/mol. The fourth-order valence-electron chi connectivity index (χ4n) is 2.71. The average Bonchev–Trinajstić information content (AvgIpc) is 3.09. The predicted octanol–water partition coefficient (Wildman–Crippen LogP) is 2.96. The lowest BCUT2D eigenvalue weighted by molar-refractivity contribution is 0.0934. The second-order valence-electron chi connectivity index (χ2n) is 6.84. The molecular weight excluding hydrogens is 347 g/mol. The number of nitrogens with zero attached hydrogens (tertiary/aromatic N) is 4. The van der Waals surface area contributed by atoms with Crippen LogP contribution in [0.15, 0.2) is 24.7 Å². The van der Waals surface area contributed by atoms with Crippen LogP contribution in [0, 0.1) is 23.1 Å². The summed E-state index contributed by atoms with van der Waals surface area (Å²) in [4.78, 5) is 16.4. The monoisotopic (exact) mass is 372 g/mol. The maximum absolute atomic E-state index is 14.0. The normalized spacial score (nSPS) is 11.9. The highest BCUT2D eigenvalue weighted by molar-refractivity contribution is 5.93. The maximum Gasteiger partial charge on any atom is 0.254 e. The first-order valence-electron chi connectivity index (χ1n) is 9.05. The molecule has 1 amide bonds. The third kappa shape index (κ3) is 6.06. The van der Waals surface area contributed by atoms with E-state index in [4.69, 9.17) is 5.26 Å². The summed E-state index contributed by atoms with van der Waals surface area (Å²) in [5.41, 5.74) is 0.661. The molecule has 0 saturated heterocycles. The van der Waals surface area contributed by atoms with Crippen LogP contribution in [0.2, 0.25) is 0 Å². The first-order chi connectivity index (χ1) is 12.9. The van der Waals surface area contributed by atoms with E-state index in [-0.39, 0.29) is 23.3 Å². The molecule has 2 aromatic rings. The van der Waals surface area contributed by atoms with E-state index in [2.05, 4.69) is 34.6 Å². The summed E-state index contributed by atoms with van der Waals surface area (Å²) in [7, 11) is 0. The number of aromatic nitrogens is 3. The second-order valence-corrected chi connectivity index (χ2v) is 6.84. The molecule has 0 aliphatic carbocycles. The van der Waals surface area contributed by atoms with E-state index in [0.717, 1.165) is 25.5 Å². The molecule has 1 atom stereocenters. The molecule has 0 aliphatic heterocycles. The molecule has 0 bridgehead atoms. The summed E-state index contributed by atoms with van der Waals surface area (Å²) in [5.74, 6) is -0.394. The molecule has 2 rings (SSSR count). The van der Waals surface area contributed by atoms with Crippen LogP contribution in [0.1, 0.15) is 49.5 Å². The molecule has 2 N–H and O–H groups in total. The number of anilines is 1. The summed E-state index contributed by atoms with van der Waals surface area (Å²) in [6.07, 6.45) is 6.24. The van der Waals surface area contributed by atoms with Crippen molar-refractivity contribution in [2.45, 2.75) is 46.2 Å². The fraction of sp³-hybridized carbons (Fsp3) is 0.474. The van der Waals surface area contributed by atoms with E-state index in [1.54, 1.807) is 17.1 Å². The van der Waals surface area contributed by atoms with E-state index in [0.29, 0.717) is 18.0 Å². The molecule has 0 aromatic carbocycles. The van der Waals surface area contributed by atoms with Crippen molar-refractivity contribution in [2.24, 2.45) is 5.92 Å². The molecule has 0 spiro atoms. The van der Waals surface area contributed by atoms with E-state index in [9.17, 15) is 9.18 Å². The topological polar surface area (TPSA) is 95.6 Å². The van der Waals surface area contributed by atoms with Gasteiger partial charge >= 0.3 is 0 Å². The van der Waals surface area contributed by atoms with E-state index in [1.807, 2.05) is 13.0 Å². The van der Waals surface area contributed by atoms with Gasteiger partial charge in [0.2, 0.25) is 0 Å². The second kappa shape index (κ2) is 9.67. The minimum absolute atomic E-state index is 0.0628. The Morgan fingerprint density at radius 3 is 2.81 bits per heavy atom. The molecule has 27 heavy (non-hydrogen) atoms. The Kier molecular flexibility index (Phi) is 7.29. The van der Waals surface area contributed by atoms with Crippen molar-refractivity contribution in [1.82, 2.24) is 20.1 Å². The van der Waals surface area contributed by atoms with Gasteiger partial charge in [0.1, 0.15) is 6.07 Å². The van der Waals surface area contributed by atoms with Gasteiger partial charge < -0.3 is 10.6 Å². The maximum atomic E-state index is 14.0. The van der Waals surface area contributed by atoms with Gasteiger partial charge in [-0.2, -0.15) is 10.4 Å². The lowest BCUT2D eigenvalue weighted by Crippen LogP contribution is -2.40. The van der Waals surface area contributed by atoms with Crippen LogP contribution in [0.3, 0.4) is 0 Å². The zero-order valence-corrected chi connectivity index (χ0v) is 15.9. The Bertz CT molecular complexity index is 811. The molecule has 0 saturated carbocycles. The molecule has 8 heteroatoms. The van der Waals surface area contributed by atoms with Crippen molar-refractivity contribution in [3.8, 4) is 6.07 Å². The van der Waals surface area contributed by atoms with Crippen LogP contribution in [-0.4, -0.2) is 33.3 Å². The fourth-order valence-corrected chi connectivity index (χ4v) is 2.71. The third-order valence-corrected chi connectivity index (χ3v) is 3.93. The number of rotatable bonds is 9. The Morgan fingerprint density at radius 2 is 2.19 bits per heavy atom. The summed E-state index contributed by atoms with van der Waals surface area (Å²) in [6.45, 7) is 7.23. The largest absolute Gasteiger partial charge is 0.366 e. The standard InChI is InChI=1S/C19H25FN6O/c1-4-5-26-12-15(10-24-26)19(27)25-16(6-13(2)3)11-23-18-17(20)7-14(8-21)9-22-18/h7,9-10,12-13,16H,4-6,11H2,1-3H3,(H,22,23)(H,25,27). The molecular formula is C19H25FN6O. The number of halogens is 1. The van der Waals surface area contributed by atoms with Crippen LogP contribution in [0.25, 0.3) is 0 Å². The third-order valence-electron chi connectivity index (χ3n) is 3.93. The van der Waals surface area contributed by atoms with E-state index in [1.165, 1.54) is 6.20 Å². The summed E-state index contributed by atoms with van der Waals surface area (Å²) in [6, 6.07) is 2.77. The highest BCUT2D eigenvalue weighted by Crippen LogP contribution is 2.13. The zero-order chi connectivity index (χ0) is 19.8. The molecule has 7 nitrogen and oxygen atoms in total. The van der Waals surface area contributed by atoms with Crippen LogP contribution in [0.5, 0.6) is 0 Å². The first-order valence-corrected chi connectivity index (χ1v) is 9.05. The van der Waals surface area contributed by atoms with Crippen LogP contribution in [0.4, 0.5) is 10.2 Å². The van der Waals surface area contributed by atoms with Crippen LogP contribution >= 0.6 is 0 Å². The van der Waals surface area contributed by atoms with Crippen LogP contribution < -0.4 is 10.6 Å². The Balaban J connectivity index is 2.01. The first kappa shape index (κ1) is 20.4. The van der Waals surface area contributed by atoms with Gasteiger partial charge in [-0.15, -0.1) is 0 Å². The van der Waals surface area contributed by atoms with Gasteiger partial charge in [0, 0.05) is 31.5 Å². The predicted molar refractivity (Wildman–Crippen MR) is 101 cm³/mol. The number of pyridine rings is 1. The molecule has 0 radical (unpaired) electrons. The Morgan fingerprint density at radius 1 is 1.41 bits per heavy atom. The number of nitriles is 1. The SMILES string of the molecule is CCCn1cc(C(=O)NC(CNc2ncc(C#N)cc2F)CC(C)C)cn1. The highest BCUT2D eigenvalue weighted by atomic mass is 19.1. The summed E-state index contributed by atoms with van der Waals surface area (Å²) in [5, 5.41) is 18.8. The lowest BCUT2D eigenvalue weighted by Gasteiger charge is -2.21. The van der Waals surface area contributed by atoms with Gasteiger partial charge in [-0.05, 0) is 24.8 Å². The van der Waals surface area contributed by atoms with Crippen molar-refractivity contribution in [3.05, 3.63) is 41.6 Å². The van der Waals surface area contributed by atoms with Gasteiger partial charge in [0.15, 0.2) is 11.6 Å². The summed E-state index contributed by atoms with van der Waals surface area (Å²) >= 11 is 0. The molecule has 1 unspecified atom stereocenters. The number of hydrogen-bond donors (Lipinski definition) is 2. The smallest absolute Gasteiger partial charge is 0.254 e. The molecule has 0 fully saturated rings. The molecule has 144 valence electrons. The van der Waals surface area contributed by atoms with Gasteiger partial charge in [0.05, 0.1) is 17.3 Å². The van der Waals surface area contributed by atoms with Gasteiger partial charge in [-0.25, -0.2) is 9.37 Å². The Hall–Kier alpha value is -2.95. The number of hydrogen-bond acceptors (Lipinski definition) is 5. The lowest BCUT2D eigenvalue weighted by atomic mass is 10.0. The minimum atomic E-state index is -0.593. The van der Waals surface area contributed by atoms with Crippen molar-refractivity contribution >= 4 is 11.7 Å². The zero-order valence-electron chi connectivity index (χ0n) is 15.9. The number of carbonyl (C=O) groups is 1. The highest BCUT2D eigenvalue weighted by Gasteiger charge is 2.17. The van der Waals surface area contributed by atoms with Gasteiger partial charge in [-0.3, -0.25) is 9.48 Å². The number of carbonyl (C=O) groups excluding carboxylic acids is 1. The van der Waals surface area contributed by atoms with Crippen LogP contribution in [-0.2, 0) is 6.54 Å². The van der Waals surface area contributed by atoms with Gasteiger partial charge in [0.25, 0.3) is 5.91 Å². The van der Waals surface area contributed by atoms with E-state index < -0.39 is 5.82 Å². The van der Waals surface area contributed by atoms with E-state index >= 15 is 0 Å². The number of amides is 1. The van der Waals surface area contributed by atoms with Crippen molar-refractivity contribution < 1.29 is 9.18 Å². The molecule has 2 heterocycles. The van der Waals surface area contributed by atoms with Gasteiger partial charge in [-0.1, -0.05) is 20.8 Å².